The first-order chi connectivity index (χ1) is 14.5. The second-order valence-electron chi connectivity index (χ2n) is 7.26. The summed E-state index contributed by atoms with van der Waals surface area (Å²) in [6.07, 6.45) is 0.296. The van der Waals surface area contributed by atoms with Crippen LogP contribution in [-0.2, 0) is 4.79 Å². The Morgan fingerprint density at radius 3 is 2.90 bits per heavy atom. The Labute approximate surface area is 177 Å². The summed E-state index contributed by atoms with van der Waals surface area (Å²) in [4.78, 5) is 18.8. The molecule has 0 bridgehead atoms. The number of hydrogen-bond donors (Lipinski definition) is 0. The van der Waals surface area contributed by atoms with E-state index in [0.717, 1.165) is 28.0 Å². The normalized spacial score (nSPS) is 16.6. The number of methoxy groups -OCH3 is 1. The highest BCUT2D eigenvalue weighted by molar-refractivity contribution is 6.30. The van der Waals surface area contributed by atoms with E-state index < -0.39 is 0 Å². The third kappa shape index (κ3) is 3.11. The summed E-state index contributed by atoms with van der Waals surface area (Å²) in [6, 6.07) is 12.8. The maximum absolute atomic E-state index is 12.5. The van der Waals surface area contributed by atoms with Gasteiger partial charge in [0, 0.05) is 34.6 Å². The highest BCUT2D eigenvalue weighted by Crippen LogP contribution is 2.36. The lowest BCUT2D eigenvalue weighted by Gasteiger charge is -2.16. The lowest BCUT2D eigenvalue weighted by atomic mass is 10.1. The number of ether oxygens (including phenoxy) is 1. The van der Waals surface area contributed by atoms with Crippen LogP contribution in [0.4, 0.5) is 5.69 Å². The molecule has 152 valence electrons. The molecule has 5 rings (SSSR count). The molecule has 0 unspecified atom stereocenters. The Balaban J connectivity index is 1.43. The van der Waals surface area contributed by atoms with E-state index in [2.05, 4.69) is 10.1 Å². The molecule has 4 aromatic rings. The van der Waals surface area contributed by atoms with Crippen LogP contribution < -0.4 is 9.64 Å². The van der Waals surface area contributed by atoms with Gasteiger partial charge in [0.05, 0.1) is 13.0 Å². The number of halogens is 1. The molecule has 0 spiro atoms. The van der Waals surface area contributed by atoms with E-state index in [1.807, 2.05) is 37.3 Å². The number of nitrogens with zero attached hydrogens (tertiary/aromatic N) is 3. The summed E-state index contributed by atoms with van der Waals surface area (Å²) in [6.45, 7) is 2.40. The Kier molecular flexibility index (Phi) is 4.47. The minimum Gasteiger partial charge on any atom is -0.497 e. The summed E-state index contributed by atoms with van der Waals surface area (Å²) in [5.74, 6) is 1.88. The van der Waals surface area contributed by atoms with E-state index in [-0.39, 0.29) is 11.8 Å². The first kappa shape index (κ1) is 18.7. The fourth-order valence-electron chi connectivity index (χ4n) is 3.80. The van der Waals surface area contributed by atoms with Crippen LogP contribution in [-0.4, -0.2) is 29.7 Å². The van der Waals surface area contributed by atoms with Crippen LogP contribution in [0.2, 0.25) is 5.02 Å². The molecule has 1 saturated heterocycles. The Bertz CT molecular complexity index is 1260. The predicted molar refractivity (Wildman–Crippen MR) is 112 cm³/mol. The minimum absolute atomic E-state index is 0.00553. The van der Waals surface area contributed by atoms with Crippen LogP contribution in [0.25, 0.3) is 22.6 Å². The number of rotatable bonds is 4. The lowest BCUT2D eigenvalue weighted by Crippen LogP contribution is -2.24. The van der Waals surface area contributed by atoms with Crippen molar-refractivity contribution >= 4 is 34.2 Å². The molecule has 2 aromatic heterocycles. The third-order valence-corrected chi connectivity index (χ3v) is 5.62. The van der Waals surface area contributed by atoms with Crippen LogP contribution in [0.3, 0.4) is 0 Å². The number of carbonyl (C=O) groups excluding carboxylic acids is 1. The number of amides is 1. The molecule has 8 heteroatoms. The minimum atomic E-state index is -0.192. The smallest absolute Gasteiger partial charge is 0.238 e. The number of benzene rings is 2. The molecule has 2 aromatic carbocycles. The molecule has 1 aliphatic rings. The number of aromatic nitrogens is 2. The molecular formula is C22H18ClN3O4. The van der Waals surface area contributed by atoms with Crippen molar-refractivity contribution in [1.29, 1.82) is 0 Å². The van der Waals surface area contributed by atoms with Gasteiger partial charge in [0.15, 0.2) is 5.76 Å². The van der Waals surface area contributed by atoms with Gasteiger partial charge >= 0.3 is 0 Å². The van der Waals surface area contributed by atoms with E-state index in [0.29, 0.717) is 35.5 Å². The Morgan fingerprint density at radius 1 is 1.23 bits per heavy atom. The molecule has 0 radical (unpaired) electrons. The molecule has 0 aliphatic carbocycles. The quantitative estimate of drug-likeness (QED) is 0.460. The van der Waals surface area contributed by atoms with E-state index in [1.165, 1.54) is 0 Å². The van der Waals surface area contributed by atoms with E-state index in [9.17, 15) is 4.79 Å². The van der Waals surface area contributed by atoms with Crippen molar-refractivity contribution < 1.29 is 18.5 Å². The number of hydrogen-bond acceptors (Lipinski definition) is 6. The van der Waals surface area contributed by atoms with Gasteiger partial charge in [-0.05, 0) is 43.3 Å². The van der Waals surface area contributed by atoms with Crippen LogP contribution in [0, 0.1) is 6.92 Å². The van der Waals surface area contributed by atoms with Crippen molar-refractivity contribution in [3.8, 4) is 17.3 Å². The Hall–Kier alpha value is -3.32. The molecule has 1 atom stereocenters. The summed E-state index contributed by atoms with van der Waals surface area (Å²) < 4.78 is 16.7. The molecule has 30 heavy (non-hydrogen) atoms. The van der Waals surface area contributed by atoms with Gasteiger partial charge in [0.1, 0.15) is 11.3 Å². The second kappa shape index (κ2) is 7.18. The van der Waals surface area contributed by atoms with Crippen LogP contribution in [0.5, 0.6) is 5.75 Å². The molecule has 0 saturated carbocycles. The fourth-order valence-corrected chi connectivity index (χ4v) is 3.98. The predicted octanol–water partition coefficient (Wildman–Crippen LogP) is 4.97. The summed E-state index contributed by atoms with van der Waals surface area (Å²) in [7, 11) is 1.62. The fraction of sp³-hybridized carbons (Fsp3) is 0.227. The van der Waals surface area contributed by atoms with Gasteiger partial charge in [0.25, 0.3) is 0 Å². The van der Waals surface area contributed by atoms with Gasteiger partial charge in [0.2, 0.25) is 17.6 Å². The van der Waals surface area contributed by atoms with Gasteiger partial charge < -0.3 is 18.6 Å². The van der Waals surface area contributed by atoms with Crippen molar-refractivity contribution in [2.75, 3.05) is 18.6 Å². The SMILES string of the molecule is COc1ccc2oc(-c3noc([C@@H]4CC(=O)N(c5cccc(Cl)c5)C4)n3)c(C)c2c1. The summed E-state index contributed by atoms with van der Waals surface area (Å²) in [5.41, 5.74) is 2.38. The monoisotopic (exact) mass is 423 g/mol. The largest absolute Gasteiger partial charge is 0.497 e. The Morgan fingerprint density at radius 2 is 2.10 bits per heavy atom. The average Bonchev–Trinajstić information content (AvgIpc) is 3.45. The molecule has 1 fully saturated rings. The highest BCUT2D eigenvalue weighted by atomic mass is 35.5. The van der Waals surface area contributed by atoms with Gasteiger partial charge in [-0.15, -0.1) is 0 Å². The zero-order valence-electron chi connectivity index (χ0n) is 16.4. The second-order valence-corrected chi connectivity index (χ2v) is 7.70. The number of anilines is 1. The van der Waals surface area contributed by atoms with Crippen LogP contribution in [0.15, 0.2) is 51.4 Å². The first-order valence-electron chi connectivity index (χ1n) is 9.50. The standard InChI is InChI=1S/C22H18ClN3O4/c1-12-17-10-16(28-2)6-7-18(17)29-20(12)21-24-22(30-25-21)13-8-19(27)26(11-13)15-5-3-4-14(23)9-15/h3-7,9-10,13H,8,11H2,1-2H3/t13-/m1/s1. The highest BCUT2D eigenvalue weighted by Gasteiger charge is 2.35. The molecule has 7 nitrogen and oxygen atoms in total. The van der Waals surface area contributed by atoms with Gasteiger partial charge in [-0.25, -0.2) is 0 Å². The maximum atomic E-state index is 12.5. The lowest BCUT2D eigenvalue weighted by molar-refractivity contribution is -0.117. The third-order valence-electron chi connectivity index (χ3n) is 5.38. The number of furan rings is 1. The van der Waals surface area contributed by atoms with Gasteiger partial charge in [-0.3, -0.25) is 4.79 Å². The average molecular weight is 424 g/mol. The van der Waals surface area contributed by atoms with Gasteiger partial charge in [-0.2, -0.15) is 4.98 Å². The van der Waals surface area contributed by atoms with Crippen molar-refractivity contribution in [2.45, 2.75) is 19.3 Å². The summed E-state index contributed by atoms with van der Waals surface area (Å²) >= 11 is 6.07. The maximum Gasteiger partial charge on any atom is 0.238 e. The van der Waals surface area contributed by atoms with Crippen LogP contribution in [0.1, 0.15) is 23.8 Å². The van der Waals surface area contributed by atoms with Crippen molar-refractivity contribution in [3.63, 3.8) is 0 Å². The van der Waals surface area contributed by atoms with Crippen molar-refractivity contribution in [1.82, 2.24) is 10.1 Å². The zero-order valence-corrected chi connectivity index (χ0v) is 17.1. The molecule has 1 aliphatic heterocycles. The molecule has 0 N–H and O–H groups in total. The number of fused-ring (bicyclic) bond motifs is 1. The van der Waals surface area contributed by atoms with Crippen molar-refractivity contribution in [3.05, 3.63) is 58.9 Å². The zero-order chi connectivity index (χ0) is 20.8. The number of carbonyl (C=O) groups is 1. The first-order valence-corrected chi connectivity index (χ1v) is 9.88. The van der Waals surface area contributed by atoms with E-state index in [4.69, 9.17) is 25.3 Å². The summed E-state index contributed by atoms with van der Waals surface area (Å²) in [5, 5.41) is 5.62. The van der Waals surface area contributed by atoms with Gasteiger partial charge in [-0.1, -0.05) is 22.8 Å². The van der Waals surface area contributed by atoms with Crippen molar-refractivity contribution in [2.24, 2.45) is 0 Å². The topological polar surface area (TPSA) is 81.6 Å². The van der Waals surface area contributed by atoms with Crippen LogP contribution >= 0.6 is 11.6 Å². The molecular weight excluding hydrogens is 406 g/mol. The molecule has 1 amide bonds. The molecule has 3 heterocycles. The van der Waals surface area contributed by atoms with E-state index >= 15 is 0 Å². The number of aryl methyl sites for hydroxylation is 1. The van der Waals surface area contributed by atoms with E-state index in [1.54, 1.807) is 24.1 Å².